The highest BCUT2D eigenvalue weighted by Gasteiger charge is 2.53. The predicted molar refractivity (Wildman–Crippen MR) is 84.3 cm³/mol. The van der Waals surface area contributed by atoms with Gasteiger partial charge in [-0.3, -0.25) is 14.7 Å². The van der Waals surface area contributed by atoms with Crippen LogP contribution >= 0.6 is 11.8 Å². The van der Waals surface area contributed by atoms with Crippen molar-refractivity contribution in [2.75, 3.05) is 12.4 Å². The lowest BCUT2D eigenvalue weighted by Gasteiger charge is -2.47. The van der Waals surface area contributed by atoms with E-state index in [1.807, 2.05) is 0 Å². The Morgan fingerprint density at radius 3 is 2.83 bits per heavy atom. The molecule has 0 aliphatic carbocycles. The minimum Gasteiger partial charge on any atom is -0.507 e. The molecule has 2 heterocycles. The number of aromatic hydroxyl groups is 1. The van der Waals surface area contributed by atoms with Crippen LogP contribution in [0.2, 0.25) is 0 Å². The van der Waals surface area contributed by atoms with Crippen molar-refractivity contribution < 1.29 is 24.9 Å². The zero-order valence-electron chi connectivity index (χ0n) is 11.9. The zero-order chi connectivity index (χ0) is 16.6. The van der Waals surface area contributed by atoms with Gasteiger partial charge in [0.1, 0.15) is 16.8 Å². The van der Waals surface area contributed by atoms with Gasteiger partial charge < -0.3 is 15.3 Å². The van der Waals surface area contributed by atoms with Crippen molar-refractivity contribution in [1.29, 1.82) is 0 Å². The molecule has 1 aromatic carbocycles. The average molecular weight is 334 g/mol. The van der Waals surface area contributed by atoms with E-state index in [2.05, 4.69) is 4.99 Å². The van der Waals surface area contributed by atoms with Gasteiger partial charge >= 0.3 is 5.97 Å². The fourth-order valence-corrected chi connectivity index (χ4v) is 3.87. The number of aliphatic hydroxyl groups excluding tert-OH is 1. The molecule has 0 saturated carbocycles. The van der Waals surface area contributed by atoms with Crippen molar-refractivity contribution >= 4 is 29.9 Å². The van der Waals surface area contributed by atoms with E-state index in [4.69, 9.17) is 0 Å². The standard InChI is InChI=1S/C15H14N2O5S/c18-6-9-7-23-14-11(13(20)17(14)12(9)15(21)22)16-5-8-3-1-2-4-10(8)19/h1-5,11,14,18-19H,6-7H2,(H,21,22)/t11?,14-/m1/s1. The summed E-state index contributed by atoms with van der Waals surface area (Å²) in [5.41, 5.74) is 0.676. The molecule has 1 amide bonds. The predicted octanol–water partition coefficient (Wildman–Crippen LogP) is 0.426. The molecule has 0 bridgehead atoms. The van der Waals surface area contributed by atoms with Crippen molar-refractivity contribution in [3.63, 3.8) is 0 Å². The van der Waals surface area contributed by atoms with Gasteiger partial charge in [-0.15, -0.1) is 11.8 Å². The molecule has 23 heavy (non-hydrogen) atoms. The van der Waals surface area contributed by atoms with Gasteiger partial charge in [-0.2, -0.15) is 0 Å². The molecule has 3 N–H and O–H groups in total. The molecule has 0 aromatic heterocycles. The fourth-order valence-electron chi connectivity index (χ4n) is 2.55. The van der Waals surface area contributed by atoms with Crippen LogP contribution in [0.5, 0.6) is 5.75 Å². The van der Waals surface area contributed by atoms with E-state index < -0.39 is 29.9 Å². The summed E-state index contributed by atoms with van der Waals surface area (Å²) in [7, 11) is 0. The van der Waals surface area contributed by atoms with Gasteiger partial charge in [0.25, 0.3) is 5.91 Å². The number of aliphatic hydroxyl groups is 1. The fraction of sp³-hybridized carbons (Fsp3) is 0.267. The van der Waals surface area contributed by atoms with Crippen LogP contribution in [0.25, 0.3) is 0 Å². The molecular weight excluding hydrogens is 320 g/mol. The van der Waals surface area contributed by atoms with E-state index in [-0.39, 0.29) is 11.4 Å². The maximum Gasteiger partial charge on any atom is 0.352 e. The van der Waals surface area contributed by atoms with Crippen LogP contribution in [-0.4, -0.2) is 62.1 Å². The third kappa shape index (κ3) is 2.60. The highest BCUT2D eigenvalue weighted by atomic mass is 32.2. The quantitative estimate of drug-likeness (QED) is 0.544. The van der Waals surface area contributed by atoms with Crippen molar-refractivity contribution in [2.24, 2.45) is 4.99 Å². The number of fused-ring (bicyclic) bond motifs is 1. The van der Waals surface area contributed by atoms with E-state index in [1.54, 1.807) is 18.2 Å². The van der Waals surface area contributed by atoms with Crippen molar-refractivity contribution in [1.82, 2.24) is 4.90 Å². The number of carboxylic acid groups (broad SMARTS) is 1. The smallest absolute Gasteiger partial charge is 0.352 e. The lowest BCUT2D eigenvalue weighted by atomic mass is 10.0. The number of para-hydroxylation sites is 1. The molecule has 1 unspecified atom stereocenters. The highest BCUT2D eigenvalue weighted by molar-refractivity contribution is 8.00. The summed E-state index contributed by atoms with van der Waals surface area (Å²) >= 11 is 1.37. The van der Waals surface area contributed by atoms with Crippen LogP contribution in [0.4, 0.5) is 0 Å². The molecular formula is C15H14N2O5S. The summed E-state index contributed by atoms with van der Waals surface area (Å²) in [5, 5.41) is 27.8. The first-order valence-electron chi connectivity index (χ1n) is 6.86. The van der Waals surface area contributed by atoms with E-state index in [9.17, 15) is 24.9 Å². The number of hydrogen-bond donors (Lipinski definition) is 3. The number of thioether (sulfide) groups is 1. The van der Waals surface area contributed by atoms with Crippen LogP contribution in [0.15, 0.2) is 40.5 Å². The number of hydrogen-bond acceptors (Lipinski definition) is 6. The third-order valence-corrected chi connectivity index (χ3v) is 5.05. The maximum atomic E-state index is 12.2. The van der Waals surface area contributed by atoms with E-state index in [0.29, 0.717) is 16.9 Å². The molecule has 1 fully saturated rings. The molecule has 2 aliphatic heterocycles. The first kappa shape index (κ1) is 15.6. The van der Waals surface area contributed by atoms with Gasteiger partial charge in [-0.05, 0) is 17.7 Å². The van der Waals surface area contributed by atoms with Gasteiger partial charge in [0.05, 0.1) is 6.61 Å². The summed E-state index contributed by atoms with van der Waals surface area (Å²) in [6, 6.07) is 5.92. The summed E-state index contributed by atoms with van der Waals surface area (Å²) < 4.78 is 0. The molecule has 2 aliphatic rings. The lowest BCUT2D eigenvalue weighted by Crippen LogP contribution is -2.64. The van der Waals surface area contributed by atoms with Crippen LogP contribution in [0, 0.1) is 0 Å². The van der Waals surface area contributed by atoms with Gasteiger partial charge in [-0.25, -0.2) is 4.79 Å². The normalized spacial score (nSPS) is 23.9. The largest absolute Gasteiger partial charge is 0.507 e. The summed E-state index contributed by atoms with van der Waals surface area (Å²) in [6.07, 6.45) is 1.42. The number of carbonyl (C=O) groups excluding carboxylic acids is 1. The van der Waals surface area contributed by atoms with Crippen LogP contribution in [0.3, 0.4) is 0 Å². The van der Waals surface area contributed by atoms with Gasteiger partial charge in [0, 0.05) is 17.5 Å². The van der Waals surface area contributed by atoms with E-state index in [1.165, 1.54) is 28.9 Å². The monoisotopic (exact) mass is 334 g/mol. The van der Waals surface area contributed by atoms with Crippen LogP contribution in [0.1, 0.15) is 5.56 Å². The van der Waals surface area contributed by atoms with E-state index >= 15 is 0 Å². The zero-order valence-corrected chi connectivity index (χ0v) is 12.7. The second-order valence-corrected chi connectivity index (χ2v) is 6.21. The molecule has 1 saturated heterocycles. The Morgan fingerprint density at radius 2 is 2.17 bits per heavy atom. The van der Waals surface area contributed by atoms with Gasteiger partial charge in [-0.1, -0.05) is 12.1 Å². The summed E-state index contributed by atoms with van der Waals surface area (Å²) in [4.78, 5) is 29.0. The maximum absolute atomic E-state index is 12.2. The van der Waals surface area contributed by atoms with Crippen molar-refractivity contribution in [3.8, 4) is 5.75 Å². The number of nitrogens with zero attached hydrogens (tertiary/aromatic N) is 2. The van der Waals surface area contributed by atoms with Gasteiger partial charge in [0.2, 0.25) is 0 Å². The molecule has 2 atom stereocenters. The summed E-state index contributed by atoms with van der Waals surface area (Å²) in [5.74, 6) is -1.24. The number of phenols is 1. The Morgan fingerprint density at radius 1 is 1.43 bits per heavy atom. The first-order chi connectivity index (χ1) is 11.0. The molecule has 0 spiro atoms. The SMILES string of the molecule is O=C(O)C1=C(CO)CS[C@@H]2C(N=Cc3ccccc3O)C(=O)N12. The van der Waals surface area contributed by atoms with E-state index in [0.717, 1.165) is 0 Å². The molecule has 1 aromatic rings. The number of amides is 1. The van der Waals surface area contributed by atoms with Crippen molar-refractivity contribution in [3.05, 3.63) is 41.1 Å². The van der Waals surface area contributed by atoms with Crippen LogP contribution in [-0.2, 0) is 9.59 Å². The van der Waals surface area contributed by atoms with Gasteiger partial charge in [0.15, 0.2) is 6.04 Å². The van der Waals surface area contributed by atoms with Crippen molar-refractivity contribution in [2.45, 2.75) is 11.4 Å². The Kier molecular flexibility index (Phi) is 4.10. The number of aliphatic imine (C=N–C) groups is 1. The average Bonchev–Trinajstić information content (AvgIpc) is 2.55. The minimum atomic E-state index is -1.23. The lowest BCUT2D eigenvalue weighted by molar-refractivity contribution is -0.147. The van der Waals surface area contributed by atoms with Crippen LogP contribution < -0.4 is 0 Å². The number of aliphatic carboxylic acids is 1. The Bertz CT molecular complexity index is 730. The molecule has 120 valence electrons. The molecule has 3 rings (SSSR count). The minimum absolute atomic E-state index is 0.0601. The highest BCUT2D eigenvalue weighted by Crippen LogP contribution is 2.41. The molecule has 7 nitrogen and oxygen atoms in total. The number of rotatable bonds is 4. The Balaban J connectivity index is 1.83. The topological polar surface area (TPSA) is 110 Å². The number of carbonyl (C=O) groups is 2. The summed E-state index contributed by atoms with van der Waals surface area (Å²) in [6.45, 7) is -0.392. The Hall–Kier alpha value is -2.32. The number of phenolic OH excluding ortho intramolecular Hbond substituents is 1. The Labute approximate surface area is 135 Å². The third-order valence-electron chi connectivity index (χ3n) is 3.72. The molecule has 0 radical (unpaired) electrons. The first-order valence-corrected chi connectivity index (χ1v) is 7.91. The number of benzene rings is 1. The molecule has 8 heteroatoms. The second kappa shape index (κ2) is 6.05. The second-order valence-electron chi connectivity index (χ2n) is 5.11. The number of carboxylic acids is 1. The number of β-lactam (4-membered cyclic amide) rings is 1.